The first-order valence-corrected chi connectivity index (χ1v) is 11.6. The highest BCUT2D eigenvalue weighted by molar-refractivity contribution is 5.65. The number of likely N-dealkylation sites (tertiary alicyclic amines) is 1. The molecule has 2 aliphatic rings. The fourth-order valence-electron chi connectivity index (χ4n) is 5.31. The average Bonchev–Trinajstić information content (AvgIpc) is 3.39. The maximum Gasteiger partial charge on any atom is 0.266 e. The molecule has 3 aromatic rings. The van der Waals surface area contributed by atoms with Gasteiger partial charge in [0.25, 0.3) is 6.43 Å². The molecule has 0 amide bonds. The second kappa shape index (κ2) is 9.85. The van der Waals surface area contributed by atoms with E-state index in [1.165, 1.54) is 0 Å². The number of alkyl halides is 2. The van der Waals surface area contributed by atoms with E-state index in [1.54, 1.807) is 6.20 Å². The number of nitrogens with one attached hydrogen (secondary N) is 1. The van der Waals surface area contributed by atoms with E-state index in [2.05, 4.69) is 25.4 Å². The zero-order valence-electron chi connectivity index (χ0n) is 18.8. The fraction of sp³-hybridized carbons (Fsp3) is 0.400. The summed E-state index contributed by atoms with van der Waals surface area (Å²) in [5.41, 5.74) is -0.821. The highest BCUT2D eigenvalue weighted by Crippen LogP contribution is 2.40. The van der Waals surface area contributed by atoms with E-state index >= 15 is 0 Å². The van der Waals surface area contributed by atoms with Crippen LogP contribution in [0.2, 0.25) is 0 Å². The molecule has 1 saturated carbocycles. The number of aromatic nitrogens is 3. The van der Waals surface area contributed by atoms with Gasteiger partial charge in [-0.2, -0.15) is 0 Å². The Bertz CT molecular complexity index is 1180. The largest absolute Gasteiger partial charge is 0.366 e. The summed E-state index contributed by atoms with van der Waals surface area (Å²) in [6.45, 7) is 2.91. The van der Waals surface area contributed by atoms with Gasteiger partial charge >= 0.3 is 0 Å². The Hall–Kier alpha value is -3.14. The normalized spacial score (nSPS) is 22.1. The molecular formula is C25H24F5N5. The molecule has 3 heterocycles. The molecule has 1 N–H and O–H groups in total. The van der Waals surface area contributed by atoms with Crippen LogP contribution in [0.1, 0.15) is 30.5 Å². The molecule has 1 aromatic carbocycles. The Morgan fingerprint density at radius 2 is 1.77 bits per heavy atom. The molecule has 1 aliphatic carbocycles. The maximum atomic E-state index is 14.2. The first-order chi connectivity index (χ1) is 16.9. The molecule has 1 saturated heterocycles. The number of halogens is 5. The van der Waals surface area contributed by atoms with Gasteiger partial charge in [0, 0.05) is 61.2 Å². The number of rotatable bonds is 7. The smallest absolute Gasteiger partial charge is 0.266 e. The summed E-state index contributed by atoms with van der Waals surface area (Å²) in [4.78, 5) is 6.81. The zero-order chi connectivity index (χ0) is 24.5. The fourth-order valence-corrected chi connectivity index (χ4v) is 5.31. The van der Waals surface area contributed by atoms with Gasteiger partial charge in [-0.05, 0) is 48.9 Å². The summed E-state index contributed by atoms with van der Waals surface area (Å²) >= 11 is 0. The van der Waals surface area contributed by atoms with Crippen molar-refractivity contribution in [2.24, 2.45) is 11.8 Å². The van der Waals surface area contributed by atoms with Gasteiger partial charge in [-0.25, -0.2) is 22.0 Å². The van der Waals surface area contributed by atoms with Crippen LogP contribution in [0.4, 0.5) is 27.8 Å². The van der Waals surface area contributed by atoms with Gasteiger partial charge in [0.1, 0.15) is 17.3 Å². The van der Waals surface area contributed by atoms with Crippen LogP contribution in [0.25, 0.3) is 11.3 Å². The van der Waals surface area contributed by atoms with Crippen LogP contribution >= 0.6 is 0 Å². The Morgan fingerprint density at radius 3 is 2.46 bits per heavy atom. The maximum absolute atomic E-state index is 14.2. The summed E-state index contributed by atoms with van der Waals surface area (Å²) in [5.74, 6) is -2.87. The molecule has 2 aromatic heterocycles. The van der Waals surface area contributed by atoms with E-state index in [4.69, 9.17) is 0 Å². The lowest BCUT2D eigenvalue weighted by Crippen LogP contribution is -2.27. The van der Waals surface area contributed by atoms with Gasteiger partial charge in [-0.1, -0.05) is 6.07 Å². The van der Waals surface area contributed by atoms with Gasteiger partial charge in [0.15, 0.2) is 11.6 Å². The number of fused-ring (bicyclic) bond motifs is 1. The molecule has 0 radical (unpaired) electrons. The lowest BCUT2D eigenvalue weighted by atomic mass is 10.0. The van der Waals surface area contributed by atoms with Gasteiger partial charge in [0.2, 0.25) is 0 Å². The van der Waals surface area contributed by atoms with Gasteiger partial charge < -0.3 is 10.2 Å². The minimum absolute atomic E-state index is 0.0527. The van der Waals surface area contributed by atoms with Crippen molar-refractivity contribution in [3.63, 3.8) is 0 Å². The van der Waals surface area contributed by atoms with E-state index in [1.807, 2.05) is 18.2 Å². The number of benzene rings is 1. The highest BCUT2D eigenvalue weighted by atomic mass is 19.3. The second-order valence-electron chi connectivity index (χ2n) is 9.25. The minimum Gasteiger partial charge on any atom is -0.366 e. The van der Waals surface area contributed by atoms with Gasteiger partial charge in [-0.15, -0.1) is 10.2 Å². The summed E-state index contributed by atoms with van der Waals surface area (Å²) in [6, 6.07) is 8.04. The van der Waals surface area contributed by atoms with Gasteiger partial charge in [0.05, 0.1) is 0 Å². The van der Waals surface area contributed by atoms with Crippen molar-refractivity contribution in [1.82, 2.24) is 20.1 Å². The van der Waals surface area contributed by atoms with Crippen LogP contribution in [-0.4, -0.2) is 45.8 Å². The lowest BCUT2D eigenvalue weighted by Gasteiger charge is -2.20. The Kier molecular flexibility index (Phi) is 6.64. The molecule has 0 bridgehead atoms. The summed E-state index contributed by atoms with van der Waals surface area (Å²) in [5, 5.41) is 10.8. The van der Waals surface area contributed by atoms with Crippen LogP contribution in [-0.2, 0) is 6.42 Å². The monoisotopic (exact) mass is 489 g/mol. The molecule has 5 nitrogen and oxygen atoms in total. The van der Waals surface area contributed by atoms with Crippen molar-refractivity contribution in [3.8, 4) is 11.3 Å². The van der Waals surface area contributed by atoms with Crippen LogP contribution in [0, 0.1) is 29.3 Å². The SMILES string of the molecule is Fc1cc(F)c(F)c(-c2nnc(NC3C[C@@H]4CN(CCc5ccccn5)C[C@@H]4C3)cc2C(F)F)c1. The van der Waals surface area contributed by atoms with E-state index in [-0.39, 0.29) is 11.9 Å². The third-order valence-electron chi connectivity index (χ3n) is 6.90. The van der Waals surface area contributed by atoms with Crippen LogP contribution < -0.4 is 5.32 Å². The predicted molar refractivity (Wildman–Crippen MR) is 120 cm³/mol. The number of hydrogen-bond donors (Lipinski definition) is 1. The lowest BCUT2D eigenvalue weighted by molar-refractivity contribution is 0.151. The van der Waals surface area contributed by atoms with Crippen molar-refractivity contribution in [2.75, 3.05) is 25.0 Å². The van der Waals surface area contributed by atoms with E-state index in [0.717, 1.165) is 50.7 Å². The summed E-state index contributed by atoms with van der Waals surface area (Å²) in [6.07, 6.45) is 1.42. The number of pyridine rings is 1. The molecule has 2 fully saturated rings. The van der Waals surface area contributed by atoms with Crippen molar-refractivity contribution < 1.29 is 22.0 Å². The Balaban J connectivity index is 1.23. The van der Waals surface area contributed by atoms with E-state index in [0.29, 0.717) is 24.0 Å². The van der Waals surface area contributed by atoms with E-state index in [9.17, 15) is 22.0 Å². The zero-order valence-corrected chi connectivity index (χ0v) is 18.8. The Morgan fingerprint density at radius 1 is 1.00 bits per heavy atom. The van der Waals surface area contributed by atoms with Crippen molar-refractivity contribution >= 4 is 5.82 Å². The minimum atomic E-state index is -3.03. The average molecular weight is 489 g/mol. The number of nitrogens with zero attached hydrogens (tertiary/aromatic N) is 4. The molecule has 184 valence electrons. The molecular weight excluding hydrogens is 465 g/mol. The topological polar surface area (TPSA) is 53.9 Å². The molecule has 35 heavy (non-hydrogen) atoms. The Labute approximate surface area is 199 Å². The standard InChI is InChI=1S/C25H24F5N5/c26-16-9-19(23(28)21(27)10-16)24-20(25(29)30)11-22(33-34-24)32-18-7-14-12-35(13-15(14)8-18)6-4-17-3-1-2-5-31-17/h1-3,5,9-11,14-15,18,25H,4,6-8,12-13H2,(H,32,33)/t14-,15+,18?. The van der Waals surface area contributed by atoms with Crippen molar-refractivity contribution in [2.45, 2.75) is 31.7 Å². The van der Waals surface area contributed by atoms with Crippen molar-refractivity contribution in [3.05, 3.63) is 71.3 Å². The summed E-state index contributed by atoms with van der Waals surface area (Å²) < 4.78 is 68.9. The summed E-state index contributed by atoms with van der Waals surface area (Å²) in [7, 11) is 0. The molecule has 3 atom stereocenters. The van der Waals surface area contributed by atoms with Crippen LogP contribution in [0.15, 0.2) is 42.6 Å². The number of anilines is 1. The highest BCUT2D eigenvalue weighted by Gasteiger charge is 2.40. The van der Waals surface area contributed by atoms with Crippen LogP contribution in [0.5, 0.6) is 0 Å². The van der Waals surface area contributed by atoms with E-state index < -0.39 is 40.7 Å². The molecule has 1 aliphatic heterocycles. The third kappa shape index (κ3) is 5.12. The molecule has 1 unspecified atom stereocenters. The molecule has 0 spiro atoms. The molecule has 5 rings (SSSR count). The first kappa shape index (κ1) is 23.6. The number of hydrogen-bond acceptors (Lipinski definition) is 5. The third-order valence-corrected chi connectivity index (χ3v) is 6.90. The predicted octanol–water partition coefficient (Wildman–Crippen LogP) is 5.26. The van der Waals surface area contributed by atoms with Gasteiger partial charge in [-0.3, -0.25) is 4.98 Å². The van der Waals surface area contributed by atoms with Crippen LogP contribution in [0.3, 0.4) is 0 Å². The quantitative estimate of drug-likeness (QED) is 0.363. The van der Waals surface area contributed by atoms with Crippen molar-refractivity contribution in [1.29, 1.82) is 0 Å². The second-order valence-corrected chi connectivity index (χ2v) is 9.25. The molecule has 10 heteroatoms. The first-order valence-electron chi connectivity index (χ1n) is 11.6.